The number of hydrogen-bond donors (Lipinski definition) is 0. The molecule has 1 amide bonds. The summed E-state index contributed by atoms with van der Waals surface area (Å²) >= 11 is 0. The molecule has 166 valence electrons. The second-order valence-electron chi connectivity index (χ2n) is 9.16. The van der Waals surface area contributed by atoms with Crippen LogP contribution in [0.3, 0.4) is 0 Å². The van der Waals surface area contributed by atoms with Gasteiger partial charge in [-0.15, -0.1) is 0 Å². The fourth-order valence-corrected chi connectivity index (χ4v) is 5.22. The quantitative estimate of drug-likeness (QED) is 0.342. The molecule has 1 heterocycles. The highest BCUT2D eigenvalue weighted by atomic mass is 16.2. The molecule has 1 aliphatic carbocycles. The maximum absolute atomic E-state index is 14.0. The van der Waals surface area contributed by atoms with Gasteiger partial charge >= 0.3 is 0 Å². The molecule has 33 heavy (non-hydrogen) atoms. The normalized spacial score (nSPS) is 18.2. The van der Waals surface area contributed by atoms with Gasteiger partial charge in [0.05, 0.1) is 11.1 Å². The van der Waals surface area contributed by atoms with Crippen molar-refractivity contribution in [1.82, 2.24) is 9.88 Å². The molecule has 0 unspecified atom stereocenters. The molecular formula is C30H30N2O. The lowest BCUT2D eigenvalue weighted by molar-refractivity contribution is 0.0607. The minimum absolute atomic E-state index is 0.0886. The number of para-hydroxylation sites is 1. The van der Waals surface area contributed by atoms with E-state index in [1.807, 2.05) is 30.3 Å². The molecule has 3 aromatic carbocycles. The van der Waals surface area contributed by atoms with Gasteiger partial charge in [-0.25, -0.2) is 0 Å². The van der Waals surface area contributed by atoms with Gasteiger partial charge in [-0.3, -0.25) is 9.78 Å². The topological polar surface area (TPSA) is 33.2 Å². The van der Waals surface area contributed by atoms with Gasteiger partial charge in [0, 0.05) is 24.2 Å². The number of fused-ring (bicyclic) bond motifs is 1. The van der Waals surface area contributed by atoms with Crippen molar-refractivity contribution < 1.29 is 4.79 Å². The van der Waals surface area contributed by atoms with Crippen LogP contribution in [0.5, 0.6) is 0 Å². The van der Waals surface area contributed by atoms with Crippen LogP contribution in [0.15, 0.2) is 91.1 Å². The Hall–Kier alpha value is -3.46. The number of carbonyl (C=O) groups excluding carboxylic acids is 1. The van der Waals surface area contributed by atoms with E-state index in [1.54, 1.807) is 6.20 Å². The third-order valence-electron chi connectivity index (χ3n) is 7.13. The van der Waals surface area contributed by atoms with Crippen LogP contribution in [0, 0.1) is 6.92 Å². The van der Waals surface area contributed by atoms with Crippen LogP contribution in [-0.4, -0.2) is 21.8 Å². The minimum atomic E-state index is 0.0886. The SMILES string of the molecule is Cc1ccccc1CN(C(=O)c1cccc2cccnc12)C1CCC(c2ccccc2)CC1. The van der Waals surface area contributed by atoms with Gasteiger partial charge in [0.15, 0.2) is 0 Å². The van der Waals surface area contributed by atoms with Gasteiger partial charge in [0.25, 0.3) is 5.91 Å². The number of nitrogens with zero attached hydrogens (tertiary/aromatic N) is 2. The largest absolute Gasteiger partial charge is 0.331 e. The summed E-state index contributed by atoms with van der Waals surface area (Å²) < 4.78 is 0. The molecular weight excluding hydrogens is 404 g/mol. The number of amides is 1. The lowest BCUT2D eigenvalue weighted by atomic mass is 9.81. The van der Waals surface area contributed by atoms with Crippen LogP contribution in [0.1, 0.15) is 58.6 Å². The van der Waals surface area contributed by atoms with Crippen LogP contribution in [0.25, 0.3) is 10.9 Å². The van der Waals surface area contributed by atoms with Crippen molar-refractivity contribution in [2.24, 2.45) is 0 Å². The number of aryl methyl sites for hydroxylation is 1. The lowest BCUT2D eigenvalue weighted by Crippen LogP contribution is -2.42. The van der Waals surface area contributed by atoms with Crippen molar-refractivity contribution in [2.75, 3.05) is 0 Å². The zero-order valence-electron chi connectivity index (χ0n) is 19.2. The van der Waals surface area contributed by atoms with Gasteiger partial charge in [-0.2, -0.15) is 0 Å². The number of hydrogen-bond acceptors (Lipinski definition) is 2. The summed E-state index contributed by atoms with van der Waals surface area (Å²) in [6, 6.07) is 29.3. The second-order valence-corrected chi connectivity index (χ2v) is 9.16. The molecule has 3 heteroatoms. The van der Waals surface area contributed by atoms with Crippen LogP contribution in [0.4, 0.5) is 0 Å². The molecule has 1 aromatic heterocycles. The van der Waals surface area contributed by atoms with E-state index in [0.717, 1.165) is 36.6 Å². The Morgan fingerprint density at radius 1 is 0.848 bits per heavy atom. The van der Waals surface area contributed by atoms with Crippen LogP contribution in [0.2, 0.25) is 0 Å². The molecule has 1 aliphatic rings. The molecule has 3 nitrogen and oxygen atoms in total. The minimum Gasteiger partial charge on any atom is -0.331 e. The van der Waals surface area contributed by atoms with Crippen molar-refractivity contribution in [2.45, 2.75) is 51.1 Å². The van der Waals surface area contributed by atoms with Crippen molar-refractivity contribution in [1.29, 1.82) is 0 Å². The predicted octanol–water partition coefficient (Wildman–Crippen LogP) is 6.91. The van der Waals surface area contributed by atoms with Gasteiger partial charge in [0.1, 0.15) is 0 Å². The number of benzene rings is 3. The van der Waals surface area contributed by atoms with Gasteiger partial charge < -0.3 is 4.90 Å². The zero-order chi connectivity index (χ0) is 22.6. The highest BCUT2D eigenvalue weighted by molar-refractivity contribution is 6.05. The number of pyridine rings is 1. The van der Waals surface area contributed by atoms with Gasteiger partial charge in [0.2, 0.25) is 0 Å². The van der Waals surface area contributed by atoms with Crippen molar-refractivity contribution >= 4 is 16.8 Å². The third kappa shape index (κ3) is 4.54. The van der Waals surface area contributed by atoms with E-state index in [9.17, 15) is 4.79 Å². The molecule has 0 atom stereocenters. The first-order valence-electron chi connectivity index (χ1n) is 11.9. The van der Waals surface area contributed by atoms with E-state index in [4.69, 9.17) is 0 Å². The van der Waals surface area contributed by atoms with Crippen LogP contribution in [-0.2, 0) is 6.54 Å². The molecule has 0 saturated heterocycles. The third-order valence-corrected chi connectivity index (χ3v) is 7.13. The van der Waals surface area contributed by atoms with Gasteiger partial charge in [-0.1, -0.05) is 72.8 Å². The monoisotopic (exact) mass is 434 g/mol. The summed E-state index contributed by atoms with van der Waals surface area (Å²) in [7, 11) is 0. The molecule has 0 spiro atoms. The first-order chi connectivity index (χ1) is 16.2. The van der Waals surface area contributed by atoms with Crippen LogP contribution >= 0.6 is 0 Å². The first-order valence-corrected chi connectivity index (χ1v) is 11.9. The Balaban J connectivity index is 1.45. The summed E-state index contributed by atoms with van der Waals surface area (Å²) in [5, 5.41) is 1.01. The van der Waals surface area contributed by atoms with Crippen LogP contribution < -0.4 is 0 Å². The maximum Gasteiger partial charge on any atom is 0.256 e. The van der Waals surface area contributed by atoms with E-state index in [-0.39, 0.29) is 11.9 Å². The summed E-state index contributed by atoms with van der Waals surface area (Å²) in [6.07, 6.45) is 6.04. The summed E-state index contributed by atoms with van der Waals surface area (Å²) in [4.78, 5) is 20.7. The fraction of sp³-hybridized carbons (Fsp3) is 0.267. The Labute approximate surface area is 196 Å². The molecule has 1 saturated carbocycles. The highest BCUT2D eigenvalue weighted by Gasteiger charge is 2.31. The average molecular weight is 435 g/mol. The number of rotatable bonds is 5. The summed E-state index contributed by atoms with van der Waals surface area (Å²) in [6.45, 7) is 2.76. The molecule has 4 aromatic rings. The summed E-state index contributed by atoms with van der Waals surface area (Å²) in [5.74, 6) is 0.669. The van der Waals surface area contributed by atoms with Crippen molar-refractivity contribution in [3.05, 3.63) is 113 Å². The number of aromatic nitrogens is 1. The van der Waals surface area contributed by atoms with Gasteiger partial charge in [-0.05, 0) is 67.3 Å². The van der Waals surface area contributed by atoms with E-state index >= 15 is 0 Å². The van der Waals surface area contributed by atoms with E-state index in [2.05, 4.69) is 71.4 Å². The molecule has 0 bridgehead atoms. The van der Waals surface area contributed by atoms with E-state index in [1.165, 1.54) is 16.7 Å². The lowest BCUT2D eigenvalue weighted by Gasteiger charge is -2.37. The second kappa shape index (κ2) is 9.58. The van der Waals surface area contributed by atoms with E-state index < -0.39 is 0 Å². The molecule has 0 N–H and O–H groups in total. The fourth-order valence-electron chi connectivity index (χ4n) is 5.22. The zero-order valence-corrected chi connectivity index (χ0v) is 19.2. The first kappa shape index (κ1) is 21.4. The standard InChI is InChI=1S/C30H30N2O/c1-22-9-5-6-12-26(22)21-32(27-18-16-24(17-19-27)23-10-3-2-4-11-23)30(33)28-15-7-13-25-14-8-20-31-29(25)28/h2-15,20,24,27H,16-19,21H2,1H3. The molecule has 1 fully saturated rings. The Bertz CT molecular complexity index is 1240. The number of carbonyl (C=O) groups is 1. The Morgan fingerprint density at radius 2 is 1.58 bits per heavy atom. The smallest absolute Gasteiger partial charge is 0.256 e. The molecule has 0 radical (unpaired) electrons. The molecule has 0 aliphatic heterocycles. The highest BCUT2D eigenvalue weighted by Crippen LogP contribution is 2.36. The maximum atomic E-state index is 14.0. The van der Waals surface area contributed by atoms with Crippen molar-refractivity contribution in [3.63, 3.8) is 0 Å². The Morgan fingerprint density at radius 3 is 2.36 bits per heavy atom. The summed E-state index contributed by atoms with van der Waals surface area (Å²) in [5.41, 5.74) is 5.35. The molecule has 5 rings (SSSR count). The average Bonchev–Trinajstić information content (AvgIpc) is 2.88. The Kier molecular flexibility index (Phi) is 6.21. The van der Waals surface area contributed by atoms with E-state index in [0.29, 0.717) is 18.0 Å². The van der Waals surface area contributed by atoms with Crippen molar-refractivity contribution in [3.8, 4) is 0 Å². The predicted molar refractivity (Wildman–Crippen MR) is 134 cm³/mol.